The van der Waals surface area contributed by atoms with E-state index in [1.54, 1.807) is 7.11 Å². The van der Waals surface area contributed by atoms with Gasteiger partial charge in [-0.3, -0.25) is 9.59 Å². The van der Waals surface area contributed by atoms with Gasteiger partial charge in [-0.25, -0.2) is 0 Å². The molecule has 2 rings (SSSR count). The Labute approximate surface area is 138 Å². The zero-order valence-electron chi connectivity index (χ0n) is 14.0. The summed E-state index contributed by atoms with van der Waals surface area (Å²) in [5.74, 6) is 0.173. The molecule has 1 heterocycles. The third kappa shape index (κ3) is 5.06. The van der Waals surface area contributed by atoms with Crippen LogP contribution in [0.4, 0.5) is 0 Å². The minimum atomic E-state index is 0.0135. The molecule has 0 radical (unpaired) electrons. The third-order valence-corrected chi connectivity index (χ3v) is 4.28. The van der Waals surface area contributed by atoms with Crippen LogP contribution < -0.4 is 5.32 Å². The molecule has 5 nitrogen and oxygen atoms in total. The van der Waals surface area contributed by atoms with Gasteiger partial charge in [0.25, 0.3) is 5.91 Å². The van der Waals surface area contributed by atoms with Crippen LogP contribution in [0.1, 0.15) is 35.2 Å². The highest BCUT2D eigenvalue weighted by molar-refractivity contribution is 5.94. The number of ether oxygens (including phenoxy) is 1. The van der Waals surface area contributed by atoms with Gasteiger partial charge in [-0.1, -0.05) is 17.7 Å². The molecule has 0 spiro atoms. The highest BCUT2D eigenvalue weighted by Gasteiger charge is 2.27. The smallest absolute Gasteiger partial charge is 0.253 e. The Morgan fingerprint density at radius 3 is 2.48 bits per heavy atom. The van der Waals surface area contributed by atoms with E-state index in [1.807, 2.05) is 36.1 Å². The van der Waals surface area contributed by atoms with E-state index < -0.39 is 0 Å². The SMILES string of the molecule is COCCCNC(=O)C1CCN(C(=O)c2ccc(C)cc2)CC1. The van der Waals surface area contributed by atoms with Crippen molar-refractivity contribution >= 4 is 11.8 Å². The number of hydrogen-bond donors (Lipinski definition) is 1. The molecule has 126 valence electrons. The Hall–Kier alpha value is -1.88. The zero-order valence-corrected chi connectivity index (χ0v) is 14.0. The second-order valence-electron chi connectivity index (χ2n) is 6.07. The zero-order chi connectivity index (χ0) is 16.7. The Morgan fingerprint density at radius 2 is 1.87 bits per heavy atom. The maximum Gasteiger partial charge on any atom is 0.253 e. The van der Waals surface area contributed by atoms with Crippen LogP contribution in [0.3, 0.4) is 0 Å². The van der Waals surface area contributed by atoms with Crippen molar-refractivity contribution in [2.24, 2.45) is 5.92 Å². The molecule has 0 aromatic heterocycles. The lowest BCUT2D eigenvalue weighted by Gasteiger charge is -2.31. The van der Waals surface area contributed by atoms with E-state index >= 15 is 0 Å². The standard InChI is InChI=1S/C18H26N2O3/c1-14-4-6-16(7-5-14)18(22)20-11-8-15(9-12-20)17(21)19-10-3-13-23-2/h4-7,15H,3,8-13H2,1-2H3,(H,19,21). The van der Waals surface area contributed by atoms with Crippen molar-refractivity contribution in [3.63, 3.8) is 0 Å². The van der Waals surface area contributed by atoms with Gasteiger partial charge < -0.3 is 15.0 Å². The lowest BCUT2D eigenvalue weighted by Crippen LogP contribution is -2.43. The van der Waals surface area contributed by atoms with Crippen molar-refractivity contribution in [1.29, 1.82) is 0 Å². The van der Waals surface area contributed by atoms with Crippen molar-refractivity contribution in [3.05, 3.63) is 35.4 Å². The Kier molecular flexibility index (Phi) is 6.59. The van der Waals surface area contributed by atoms with Gasteiger partial charge in [0.2, 0.25) is 5.91 Å². The van der Waals surface area contributed by atoms with Gasteiger partial charge >= 0.3 is 0 Å². The summed E-state index contributed by atoms with van der Waals surface area (Å²) in [5, 5.41) is 2.95. The highest BCUT2D eigenvalue weighted by atomic mass is 16.5. The van der Waals surface area contributed by atoms with E-state index in [-0.39, 0.29) is 17.7 Å². The van der Waals surface area contributed by atoms with Crippen LogP contribution in [0.2, 0.25) is 0 Å². The van der Waals surface area contributed by atoms with Gasteiger partial charge in [0.05, 0.1) is 0 Å². The van der Waals surface area contributed by atoms with Gasteiger partial charge in [-0.2, -0.15) is 0 Å². The van der Waals surface area contributed by atoms with E-state index in [4.69, 9.17) is 4.74 Å². The summed E-state index contributed by atoms with van der Waals surface area (Å²) >= 11 is 0. The maximum atomic E-state index is 12.4. The van der Waals surface area contributed by atoms with Crippen LogP contribution in [-0.2, 0) is 9.53 Å². The fraction of sp³-hybridized carbons (Fsp3) is 0.556. The van der Waals surface area contributed by atoms with Crippen LogP contribution in [0.25, 0.3) is 0 Å². The minimum Gasteiger partial charge on any atom is -0.385 e. The number of amides is 2. The third-order valence-electron chi connectivity index (χ3n) is 4.28. The molecule has 1 fully saturated rings. The van der Waals surface area contributed by atoms with E-state index in [9.17, 15) is 9.59 Å². The number of benzene rings is 1. The van der Waals surface area contributed by atoms with Crippen molar-refractivity contribution in [2.75, 3.05) is 33.4 Å². The summed E-state index contributed by atoms with van der Waals surface area (Å²) in [6.45, 7) is 4.59. The summed E-state index contributed by atoms with van der Waals surface area (Å²) in [6, 6.07) is 7.64. The van der Waals surface area contributed by atoms with Crippen molar-refractivity contribution in [2.45, 2.75) is 26.2 Å². The quantitative estimate of drug-likeness (QED) is 0.816. The summed E-state index contributed by atoms with van der Waals surface area (Å²) in [7, 11) is 1.66. The summed E-state index contributed by atoms with van der Waals surface area (Å²) in [4.78, 5) is 26.4. The van der Waals surface area contributed by atoms with Gasteiger partial charge in [0.1, 0.15) is 0 Å². The molecule has 23 heavy (non-hydrogen) atoms. The molecule has 1 aromatic rings. The maximum absolute atomic E-state index is 12.4. The normalized spacial score (nSPS) is 15.5. The number of carbonyl (C=O) groups is 2. The number of piperidine rings is 1. The highest BCUT2D eigenvalue weighted by Crippen LogP contribution is 2.19. The summed E-state index contributed by atoms with van der Waals surface area (Å²) in [5.41, 5.74) is 1.86. The number of hydrogen-bond acceptors (Lipinski definition) is 3. The van der Waals surface area contributed by atoms with Crippen LogP contribution in [0.5, 0.6) is 0 Å². The summed E-state index contributed by atoms with van der Waals surface area (Å²) in [6.07, 6.45) is 2.29. The van der Waals surface area contributed by atoms with Crippen LogP contribution >= 0.6 is 0 Å². The fourth-order valence-corrected chi connectivity index (χ4v) is 2.80. The summed E-state index contributed by atoms with van der Waals surface area (Å²) < 4.78 is 4.96. The second kappa shape index (κ2) is 8.67. The van der Waals surface area contributed by atoms with Gasteiger partial charge in [-0.05, 0) is 38.3 Å². The lowest BCUT2D eigenvalue weighted by atomic mass is 9.95. The first kappa shape index (κ1) is 17.5. The van der Waals surface area contributed by atoms with Crippen molar-refractivity contribution in [1.82, 2.24) is 10.2 Å². The molecule has 1 aliphatic heterocycles. The Bertz CT molecular complexity index is 520. The molecular weight excluding hydrogens is 292 g/mol. The lowest BCUT2D eigenvalue weighted by molar-refractivity contribution is -0.126. The van der Waals surface area contributed by atoms with Crippen molar-refractivity contribution in [3.8, 4) is 0 Å². The fourth-order valence-electron chi connectivity index (χ4n) is 2.80. The average Bonchev–Trinajstić information content (AvgIpc) is 2.59. The molecule has 0 atom stereocenters. The number of nitrogens with zero attached hydrogens (tertiary/aromatic N) is 1. The topological polar surface area (TPSA) is 58.6 Å². The van der Waals surface area contributed by atoms with E-state index in [0.29, 0.717) is 26.2 Å². The first-order chi connectivity index (χ1) is 11.1. The first-order valence-corrected chi connectivity index (χ1v) is 8.24. The second-order valence-corrected chi connectivity index (χ2v) is 6.07. The molecule has 0 unspecified atom stereocenters. The first-order valence-electron chi connectivity index (χ1n) is 8.24. The van der Waals surface area contributed by atoms with Gasteiger partial charge in [0.15, 0.2) is 0 Å². The number of methoxy groups -OCH3 is 1. The Balaban J connectivity index is 1.78. The predicted octanol–water partition coefficient (Wildman–Crippen LogP) is 2.00. The largest absolute Gasteiger partial charge is 0.385 e. The van der Waals surface area contributed by atoms with Crippen LogP contribution in [0, 0.1) is 12.8 Å². The van der Waals surface area contributed by atoms with E-state index in [2.05, 4.69) is 5.32 Å². The minimum absolute atomic E-state index is 0.0135. The molecule has 1 aliphatic rings. The number of nitrogens with one attached hydrogen (secondary N) is 1. The predicted molar refractivity (Wildman–Crippen MR) is 89.3 cm³/mol. The Morgan fingerprint density at radius 1 is 1.22 bits per heavy atom. The average molecular weight is 318 g/mol. The number of aryl methyl sites for hydroxylation is 1. The van der Waals surface area contributed by atoms with Crippen LogP contribution in [0.15, 0.2) is 24.3 Å². The molecule has 1 saturated heterocycles. The molecule has 0 saturated carbocycles. The molecular formula is C18H26N2O3. The van der Waals surface area contributed by atoms with Crippen LogP contribution in [-0.4, -0.2) is 50.1 Å². The molecule has 1 aromatic carbocycles. The van der Waals surface area contributed by atoms with E-state index in [0.717, 1.165) is 30.4 Å². The van der Waals surface area contributed by atoms with Gasteiger partial charge in [-0.15, -0.1) is 0 Å². The molecule has 1 N–H and O–H groups in total. The molecule has 0 bridgehead atoms. The molecule has 5 heteroatoms. The van der Waals surface area contributed by atoms with Crippen molar-refractivity contribution < 1.29 is 14.3 Å². The van der Waals surface area contributed by atoms with Gasteiger partial charge in [0, 0.05) is 44.8 Å². The number of rotatable bonds is 6. The number of carbonyl (C=O) groups excluding carboxylic acids is 2. The monoisotopic (exact) mass is 318 g/mol. The van der Waals surface area contributed by atoms with E-state index in [1.165, 1.54) is 0 Å². The molecule has 0 aliphatic carbocycles. The molecule has 2 amide bonds. The number of likely N-dealkylation sites (tertiary alicyclic amines) is 1.